The van der Waals surface area contributed by atoms with Crippen molar-refractivity contribution in [3.05, 3.63) is 59.7 Å². The third-order valence-corrected chi connectivity index (χ3v) is 7.95. The van der Waals surface area contributed by atoms with Crippen molar-refractivity contribution >= 4 is 5.91 Å². The summed E-state index contributed by atoms with van der Waals surface area (Å²) in [4.78, 5) is 12.9. The van der Waals surface area contributed by atoms with E-state index in [1.165, 1.54) is 38.5 Å². The molecule has 0 aliphatic heterocycles. The highest BCUT2D eigenvalue weighted by Gasteiger charge is 2.50. The zero-order valence-corrected chi connectivity index (χ0v) is 20.0. The van der Waals surface area contributed by atoms with Crippen LogP contribution in [0.25, 0.3) is 0 Å². The lowest BCUT2D eigenvalue weighted by molar-refractivity contribution is -0.0266. The number of β-amino-alcohol motifs (C(OH)–C–C–N with tert-alkyl or cyclic N) is 1. The fourth-order valence-electron chi connectivity index (χ4n) is 6.81. The van der Waals surface area contributed by atoms with E-state index in [-0.39, 0.29) is 18.1 Å². The summed E-state index contributed by atoms with van der Waals surface area (Å²) in [5.74, 6) is 3.61. The average molecular weight is 465 g/mol. The Hall–Kier alpha value is -2.57. The minimum atomic E-state index is -0.627. The minimum Gasteiger partial charge on any atom is -0.496 e. The highest BCUT2D eigenvalue weighted by molar-refractivity contribution is 5.96. The van der Waals surface area contributed by atoms with Crippen LogP contribution in [0.2, 0.25) is 0 Å². The van der Waals surface area contributed by atoms with E-state index >= 15 is 0 Å². The first-order chi connectivity index (χ1) is 16.5. The number of rotatable bonds is 10. The molecule has 4 aliphatic carbocycles. The highest BCUT2D eigenvalue weighted by atomic mass is 16.5. The van der Waals surface area contributed by atoms with Gasteiger partial charge in [0.1, 0.15) is 24.2 Å². The molecule has 1 amide bonds. The van der Waals surface area contributed by atoms with Crippen molar-refractivity contribution in [2.45, 2.75) is 56.7 Å². The Morgan fingerprint density at radius 1 is 1.00 bits per heavy atom. The molecule has 0 saturated heterocycles. The first-order valence-electron chi connectivity index (χ1n) is 12.6. The lowest BCUT2D eigenvalue weighted by Crippen LogP contribution is -2.59. The number of hydrogen-bond acceptors (Lipinski definition) is 5. The van der Waals surface area contributed by atoms with Crippen LogP contribution in [0.15, 0.2) is 48.5 Å². The van der Waals surface area contributed by atoms with Crippen LogP contribution in [0.3, 0.4) is 0 Å². The first-order valence-corrected chi connectivity index (χ1v) is 12.6. The smallest absolute Gasteiger partial charge is 0.255 e. The largest absolute Gasteiger partial charge is 0.496 e. The molecule has 4 aliphatic rings. The van der Waals surface area contributed by atoms with E-state index in [2.05, 4.69) is 10.6 Å². The summed E-state index contributed by atoms with van der Waals surface area (Å²) in [5, 5.41) is 17.3. The Morgan fingerprint density at radius 2 is 1.62 bits per heavy atom. The Kier molecular flexibility index (Phi) is 6.79. The quantitative estimate of drug-likeness (QED) is 0.497. The molecule has 0 spiro atoms. The molecule has 34 heavy (non-hydrogen) atoms. The van der Waals surface area contributed by atoms with Gasteiger partial charge in [0.15, 0.2) is 0 Å². The van der Waals surface area contributed by atoms with Gasteiger partial charge in [-0.2, -0.15) is 0 Å². The molecule has 4 fully saturated rings. The maximum Gasteiger partial charge on any atom is 0.255 e. The summed E-state index contributed by atoms with van der Waals surface area (Å²) in [6.07, 6.45) is 7.34. The summed E-state index contributed by atoms with van der Waals surface area (Å²) >= 11 is 0. The minimum absolute atomic E-state index is 0.149. The van der Waals surface area contributed by atoms with Crippen molar-refractivity contribution in [2.75, 3.05) is 20.3 Å². The van der Waals surface area contributed by atoms with Crippen LogP contribution in [-0.4, -0.2) is 42.9 Å². The Morgan fingerprint density at radius 3 is 2.29 bits per heavy atom. The van der Waals surface area contributed by atoms with E-state index in [9.17, 15) is 9.90 Å². The lowest BCUT2D eigenvalue weighted by Gasteiger charge is -2.57. The van der Waals surface area contributed by atoms with Gasteiger partial charge in [0.25, 0.3) is 5.91 Å². The van der Waals surface area contributed by atoms with Crippen molar-refractivity contribution in [3.63, 3.8) is 0 Å². The molecule has 6 rings (SSSR count). The molecule has 6 heteroatoms. The van der Waals surface area contributed by atoms with Gasteiger partial charge in [0.05, 0.1) is 12.7 Å². The molecule has 4 saturated carbocycles. The lowest BCUT2D eigenvalue weighted by atomic mass is 9.53. The zero-order valence-electron chi connectivity index (χ0n) is 20.0. The van der Waals surface area contributed by atoms with E-state index in [4.69, 9.17) is 9.47 Å². The number of hydrogen-bond donors (Lipinski definition) is 3. The van der Waals surface area contributed by atoms with Crippen LogP contribution in [0, 0.1) is 17.8 Å². The number of benzene rings is 2. The van der Waals surface area contributed by atoms with E-state index in [0.29, 0.717) is 24.4 Å². The summed E-state index contributed by atoms with van der Waals surface area (Å²) in [7, 11) is 1.62. The van der Waals surface area contributed by atoms with Gasteiger partial charge in [-0.05, 0) is 74.5 Å². The number of para-hydroxylation sites is 2. The molecule has 2 aromatic carbocycles. The molecule has 182 valence electrons. The second kappa shape index (κ2) is 9.96. The van der Waals surface area contributed by atoms with Gasteiger partial charge in [-0.1, -0.05) is 30.3 Å². The standard InChI is InChI=1S/C28H36N2O4/c1-33-25-8-4-2-6-22(25)16-29-27(32)24-7-3-5-9-26(24)34-18-23(31)17-30-28-13-19-10-20(14-28)12-21(11-19)15-28/h2-9,19-21,23,30-31H,10-18H2,1H3,(H,29,32). The number of aliphatic hydroxyl groups is 1. The van der Waals surface area contributed by atoms with Gasteiger partial charge in [-0.15, -0.1) is 0 Å². The molecular weight excluding hydrogens is 428 g/mol. The van der Waals surface area contributed by atoms with Gasteiger partial charge in [0, 0.05) is 24.2 Å². The summed E-state index contributed by atoms with van der Waals surface area (Å²) < 4.78 is 11.3. The van der Waals surface area contributed by atoms with Crippen LogP contribution in [0.1, 0.15) is 54.4 Å². The van der Waals surface area contributed by atoms with Crippen molar-refractivity contribution in [1.29, 1.82) is 0 Å². The molecule has 6 nitrogen and oxygen atoms in total. The molecule has 4 bridgehead atoms. The number of carbonyl (C=O) groups is 1. The fraction of sp³-hybridized carbons (Fsp3) is 0.536. The maximum atomic E-state index is 12.9. The van der Waals surface area contributed by atoms with Crippen LogP contribution >= 0.6 is 0 Å². The summed E-state index contributed by atoms with van der Waals surface area (Å²) in [5.41, 5.74) is 1.58. The zero-order chi connectivity index (χ0) is 23.5. The number of amides is 1. The van der Waals surface area contributed by atoms with Crippen LogP contribution < -0.4 is 20.1 Å². The van der Waals surface area contributed by atoms with Gasteiger partial charge in [-0.25, -0.2) is 0 Å². The molecule has 3 N–H and O–H groups in total. The highest BCUT2D eigenvalue weighted by Crippen LogP contribution is 2.55. The van der Waals surface area contributed by atoms with Crippen molar-refractivity contribution in [3.8, 4) is 11.5 Å². The predicted octanol–water partition coefficient (Wildman–Crippen LogP) is 3.92. The van der Waals surface area contributed by atoms with Crippen molar-refractivity contribution in [1.82, 2.24) is 10.6 Å². The normalized spacial score (nSPS) is 27.9. The van der Waals surface area contributed by atoms with Crippen LogP contribution in [0.5, 0.6) is 11.5 Å². The average Bonchev–Trinajstić information content (AvgIpc) is 2.84. The van der Waals surface area contributed by atoms with Crippen LogP contribution in [0.4, 0.5) is 0 Å². The number of carbonyl (C=O) groups excluding carboxylic acids is 1. The predicted molar refractivity (Wildman–Crippen MR) is 131 cm³/mol. The van der Waals surface area contributed by atoms with Gasteiger partial charge in [0.2, 0.25) is 0 Å². The van der Waals surface area contributed by atoms with E-state index in [1.807, 2.05) is 36.4 Å². The number of nitrogens with one attached hydrogen (secondary N) is 2. The third kappa shape index (κ3) is 5.08. The molecule has 1 atom stereocenters. The molecule has 0 radical (unpaired) electrons. The molecule has 2 aromatic rings. The number of methoxy groups -OCH3 is 1. The van der Waals surface area contributed by atoms with Gasteiger partial charge in [-0.3, -0.25) is 4.79 Å². The summed E-state index contributed by atoms with van der Waals surface area (Å²) in [6.45, 7) is 1.03. The second-order valence-electron chi connectivity index (χ2n) is 10.5. The second-order valence-corrected chi connectivity index (χ2v) is 10.5. The maximum absolute atomic E-state index is 12.9. The fourth-order valence-corrected chi connectivity index (χ4v) is 6.81. The van der Waals surface area contributed by atoms with E-state index in [1.54, 1.807) is 19.2 Å². The SMILES string of the molecule is COc1ccccc1CNC(=O)c1ccccc1OCC(O)CNC12CC3CC(CC(C3)C1)C2. The monoisotopic (exact) mass is 464 g/mol. The third-order valence-electron chi connectivity index (χ3n) is 7.95. The molecule has 0 heterocycles. The van der Waals surface area contributed by atoms with Crippen molar-refractivity contribution < 1.29 is 19.4 Å². The molecule has 0 aromatic heterocycles. The van der Waals surface area contributed by atoms with Crippen molar-refractivity contribution in [2.24, 2.45) is 17.8 Å². The summed E-state index contributed by atoms with van der Waals surface area (Å²) in [6, 6.07) is 14.8. The van der Waals surface area contributed by atoms with Crippen LogP contribution in [-0.2, 0) is 6.54 Å². The van der Waals surface area contributed by atoms with Gasteiger partial charge < -0.3 is 25.2 Å². The number of aliphatic hydroxyl groups excluding tert-OH is 1. The van der Waals surface area contributed by atoms with E-state index in [0.717, 1.165) is 29.1 Å². The Balaban J connectivity index is 1.14. The molecular formula is C28H36N2O4. The first kappa shape index (κ1) is 23.2. The van der Waals surface area contributed by atoms with Gasteiger partial charge >= 0.3 is 0 Å². The Bertz CT molecular complexity index is 972. The number of ether oxygens (including phenoxy) is 2. The van der Waals surface area contributed by atoms with E-state index < -0.39 is 6.10 Å². The molecule has 1 unspecified atom stereocenters. The Labute approximate surface area is 202 Å². The topological polar surface area (TPSA) is 79.8 Å².